The molecule has 1 aromatic carbocycles. The Labute approximate surface area is 96.3 Å². The summed E-state index contributed by atoms with van der Waals surface area (Å²) in [7, 11) is 0. The molecule has 17 heavy (non-hydrogen) atoms. The monoisotopic (exact) mass is 251 g/mol. The van der Waals surface area contributed by atoms with Crippen LogP contribution in [0.5, 0.6) is 0 Å². The maximum atomic E-state index is 13.3. The van der Waals surface area contributed by atoms with Crippen LogP contribution in [0.2, 0.25) is 0 Å². The molecule has 2 unspecified atom stereocenters. The van der Waals surface area contributed by atoms with Gasteiger partial charge in [-0.2, -0.15) is 0 Å². The second kappa shape index (κ2) is 5.97. The zero-order chi connectivity index (χ0) is 13.0. The predicted octanol–water partition coefficient (Wildman–Crippen LogP) is 2.24. The van der Waals surface area contributed by atoms with Gasteiger partial charge in [-0.25, -0.2) is 17.6 Å². The molecule has 0 radical (unpaired) electrons. The summed E-state index contributed by atoms with van der Waals surface area (Å²) < 4.78 is 50.2. The van der Waals surface area contributed by atoms with Crippen LogP contribution in [0.25, 0.3) is 0 Å². The normalized spacial score (nSPS) is 15.0. The molecule has 2 nitrogen and oxygen atoms in total. The van der Waals surface area contributed by atoms with E-state index in [2.05, 4.69) is 5.32 Å². The van der Waals surface area contributed by atoms with Crippen molar-refractivity contribution in [2.24, 2.45) is 0 Å². The van der Waals surface area contributed by atoms with Crippen LogP contribution in [0, 0.1) is 11.6 Å². The molecule has 0 spiro atoms. The number of alkyl halides is 2. The molecular weight excluding hydrogens is 238 g/mol. The Morgan fingerprint density at radius 1 is 1.29 bits per heavy atom. The Kier molecular flexibility index (Phi) is 4.89. The molecule has 0 aromatic heterocycles. The quantitative estimate of drug-likeness (QED) is 0.787. The molecule has 0 bridgehead atoms. The van der Waals surface area contributed by atoms with Crippen molar-refractivity contribution in [3.05, 3.63) is 35.4 Å². The lowest BCUT2D eigenvalue weighted by Gasteiger charge is -2.17. The standard InChI is InChI=1S/C11H13F4NO/c1-6(16-5-9(17)11(14)15)7-3-2-4-8(12)10(7)13/h2-4,6,9,11,16-17H,5H2,1H3. The number of hydrogen-bond donors (Lipinski definition) is 2. The highest BCUT2D eigenvalue weighted by Crippen LogP contribution is 2.18. The molecule has 1 aromatic rings. The molecule has 0 fully saturated rings. The average molecular weight is 251 g/mol. The summed E-state index contributed by atoms with van der Waals surface area (Å²) in [6.07, 6.45) is -4.69. The van der Waals surface area contributed by atoms with E-state index in [0.29, 0.717) is 0 Å². The lowest BCUT2D eigenvalue weighted by molar-refractivity contribution is -0.00444. The van der Waals surface area contributed by atoms with Crippen LogP contribution in [-0.2, 0) is 0 Å². The fourth-order valence-corrected chi connectivity index (χ4v) is 1.35. The third kappa shape index (κ3) is 3.67. The maximum Gasteiger partial charge on any atom is 0.265 e. The first-order valence-electron chi connectivity index (χ1n) is 5.07. The molecule has 6 heteroatoms. The largest absolute Gasteiger partial charge is 0.386 e. The van der Waals surface area contributed by atoms with Crippen LogP contribution >= 0.6 is 0 Å². The lowest BCUT2D eigenvalue weighted by atomic mass is 10.1. The van der Waals surface area contributed by atoms with Crippen molar-refractivity contribution in [3.63, 3.8) is 0 Å². The minimum absolute atomic E-state index is 0.0338. The van der Waals surface area contributed by atoms with Gasteiger partial charge in [-0.15, -0.1) is 0 Å². The summed E-state index contributed by atoms with van der Waals surface area (Å²) in [5.74, 6) is -2.01. The van der Waals surface area contributed by atoms with Gasteiger partial charge in [-0.3, -0.25) is 0 Å². The summed E-state index contributed by atoms with van der Waals surface area (Å²) in [6, 6.07) is 2.99. The van der Waals surface area contributed by atoms with E-state index >= 15 is 0 Å². The van der Waals surface area contributed by atoms with E-state index in [4.69, 9.17) is 5.11 Å². The second-order valence-electron chi connectivity index (χ2n) is 3.67. The van der Waals surface area contributed by atoms with Crippen molar-refractivity contribution in [2.45, 2.75) is 25.5 Å². The number of nitrogens with one attached hydrogen (secondary N) is 1. The fourth-order valence-electron chi connectivity index (χ4n) is 1.35. The molecule has 0 saturated heterocycles. The van der Waals surface area contributed by atoms with Crippen molar-refractivity contribution >= 4 is 0 Å². The molecule has 2 atom stereocenters. The highest BCUT2D eigenvalue weighted by molar-refractivity contribution is 5.21. The van der Waals surface area contributed by atoms with Gasteiger partial charge in [0.2, 0.25) is 0 Å². The molecule has 1 rings (SSSR count). The summed E-state index contributed by atoms with van der Waals surface area (Å²) >= 11 is 0. The Balaban J connectivity index is 2.64. The molecule has 96 valence electrons. The Morgan fingerprint density at radius 2 is 1.94 bits per heavy atom. The number of aliphatic hydroxyl groups excluding tert-OH is 1. The molecule has 0 saturated carbocycles. The van der Waals surface area contributed by atoms with Gasteiger partial charge in [0.15, 0.2) is 11.6 Å². The van der Waals surface area contributed by atoms with E-state index < -0.39 is 36.8 Å². The zero-order valence-corrected chi connectivity index (χ0v) is 9.13. The van der Waals surface area contributed by atoms with Crippen LogP contribution in [0.15, 0.2) is 18.2 Å². The molecule has 0 aliphatic heterocycles. The van der Waals surface area contributed by atoms with Gasteiger partial charge in [0.05, 0.1) is 0 Å². The fraction of sp³-hybridized carbons (Fsp3) is 0.455. The number of rotatable bonds is 5. The molecule has 0 aliphatic carbocycles. The SMILES string of the molecule is CC(NCC(O)C(F)F)c1cccc(F)c1F. The molecule has 0 heterocycles. The van der Waals surface area contributed by atoms with Crippen molar-refractivity contribution in [2.75, 3.05) is 6.54 Å². The zero-order valence-electron chi connectivity index (χ0n) is 9.13. The number of aliphatic hydroxyl groups is 1. The van der Waals surface area contributed by atoms with E-state index in [1.165, 1.54) is 19.1 Å². The minimum atomic E-state index is -2.87. The van der Waals surface area contributed by atoms with E-state index in [-0.39, 0.29) is 5.56 Å². The predicted molar refractivity (Wildman–Crippen MR) is 54.8 cm³/mol. The molecule has 0 aliphatic rings. The van der Waals surface area contributed by atoms with Crippen LogP contribution in [-0.4, -0.2) is 24.2 Å². The van der Waals surface area contributed by atoms with Crippen LogP contribution < -0.4 is 5.32 Å². The van der Waals surface area contributed by atoms with Crippen LogP contribution in [0.3, 0.4) is 0 Å². The number of benzene rings is 1. The van der Waals surface area contributed by atoms with Gasteiger partial charge >= 0.3 is 0 Å². The highest BCUT2D eigenvalue weighted by Gasteiger charge is 2.19. The summed E-state index contributed by atoms with van der Waals surface area (Å²) in [5.41, 5.74) is 0.0338. The van der Waals surface area contributed by atoms with E-state index in [9.17, 15) is 17.6 Å². The van der Waals surface area contributed by atoms with E-state index in [1.807, 2.05) is 0 Å². The first kappa shape index (κ1) is 13.9. The maximum absolute atomic E-state index is 13.3. The topological polar surface area (TPSA) is 32.3 Å². The van der Waals surface area contributed by atoms with Crippen molar-refractivity contribution in [3.8, 4) is 0 Å². The van der Waals surface area contributed by atoms with Crippen LogP contribution in [0.1, 0.15) is 18.5 Å². The van der Waals surface area contributed by atoms with Gasteiger partial charge < -0.3 is 10.4 Å². The first-order valence-corrected chi connectivity index (χ1v) is 5.07. The van der Waals surface area contributed by atoms with Gasteiger partial charge in [-0.1, -0.05) is 12.1 Å². The second-order valence-corrected chi connectivity index (χ2v) is 3.67. The first-order chi connectivity index (χ1) is 7.93. The van der Waals surface area contributed by atoms with Gasteiger partial charge in [0, 0.05) is 18.2 Å². The highest BCUT2D eigenvalue weighted by atomic mass is 19.3. The number of hydrogen-bond acceptors (Lipinski definition) is 2. The third-order valence-corrected chi connectivity index (χ3v) is 2.37. The minimum Gasteiger partial charge on any atom is -0.386 e. The number of halogens is 4. The smallest absolute Gasteiger partial charge is 0.265 e. The Bertz CT molecular complexity index is 372. The molecular formula is C11H13F4NO. The van der Waals surface area contributed by atoms with Gasteiger partial charge in [-0.05, 0) is 13.0 Å². The van der Waals surface area contributed by atoms with Gasteiger partial charge in [0.25, 0.3) is 6.43 Å². The van der Waals surface area contributed by atoms with Crippen LogP contribution in [0.4, 0.5) is 17.6 Å². The third-order valence-electron chi connectivity index (χ3n) is 2.37. The Hall–Kier alpha value is -1.14. The Morgan fingerprint density at radius 3 is 2.53 bits per heavy atom. The van der Waals surface area contributed by atoms with Gasteiger partial charge in [0.1, 0.15) is 6.10 Å². The molecule has 0 amide bonds. The van der Waals surface area contributed by atoms with Crippen molar-refractivity contribution in [1.29, 1.82) is 0 Å². The molecule has 2 N–H and O–H groups in total. The summed E-state index contributed by atoms with van der Waals surface area (Å²) in [6.45, 7) is 1.10. The van der Waals surface area contributed by atoms with E-state index in [1.54, 1.807) is 0 Å². The van der Waals surface area contributed by atoms with E-state index in [0.717, 1.165) is 6.07 Å². The lowest BCUT2D eigenvalue weighted by Crippen LogP contribution is -2.33. The van der Waals surface area contributed by atoms with Crippen molar-refractivity contribution < 1.29 is 22.7 Å². The average Bonchev–Trinajstić information content (AvgIpc) is 2.29. The summed E-state index contributed by atoms with van der Waals surface area (Å²) in [4.78, 5) is 0. The van der Waals surface area contributed by atoms with Crippen molar-refractivity contribution in [1.82, 2.24) is 5.32 Å². The summed E-state index contributed by atoms with van der Waals surface area (Å²) in [5, 5.41) is 11.4.